The summed E-state index contributed by atoms with van der Waals surface area (Å²) in [5.74, 6) is -0.852. The maximum absolute atomic E-state index is 11.9. The molecule has 1 aromatic heterocycles. The van der Waals surface area contributed by atoms with Gasteiger partial charge in [0.25, 0.3) is 5.91 Å². The van der Waals surface area contributed by atoms with Crippen LogP contribution in [0.3, 0.4) is 0 Å². The molecule has 0 fully saturated rings. The number of nitrogens with one attached hydrogen (secondary N) is 2. The zero-order valence-corrected chi connectivity index (χ0v) is 12.3. The Kier molecular flexibility index (Phi) is 6.04. The topological polar surface area (TPSA) is 114 Å². The minimum absolute atomic E-state index is 0.239. The van der Waals surface area contributed by atoms with Crippen molar-refractivity contribution < 1.29 is 14.5 Å². The van der Waals surface area contributed by atoms with Gasteiger partial charge in [-0.15, -0.1) is 0 Å². The molecule has 0 atom stereocenters. The van der Waals surface area contributed by atoms with E-state index in [0.29, 0.717) is 6.54 Å². The SMILES string of the molecule is CC(C)CNC(=O)CNC(=O)c1ccnc(Cl)c1[N+](=O)[O-]. The molecule has 0 saturated heterocycles. The molecule has 1 heterocycles. The quantitative estimate of drug-likeness (QED) is 0.464. The lowest BCUT2D eigenvalue weighted by atomic mass is 10.2. The summed E-state index contributed by atoms with van der Waals surface area (Å²) in [5, 5.41) is 15.4. The minimum atomic E-state index is -0.789. The first kappa shape index (κ1) is 16.8. The van der Waals surface area contributed by atoms with Gasteiger partial charge in [0.1, 0.15) is 5.56 Å². The third-order valence-electron chi connectivity index (χ3n) is 2.42. The molecule has 8 nitrogen and oxygen atoms in total. The van der Waals surface area contributed by atoms with Crippen LogP contribution in [0.2, 0.25) is 5.15 Å². The lowest BCUT2D eigenvalue weighted by molar-refractivity contribution is -0.385. The molecule has 0 aliphatic rings. The Hall–Kier alpha value is -2.22. The van der Waals surface area contributed by atoms with Crippen LogP contribution in [0.4, 0.5) is 5.69 Å². The molecule has 0 bridgehead atoms. The number of aromatic nitrogens is 1. The highest BCUT2D eigenvalue weighted by molar-refractivity contribution is 6.32. The summed E-state index contributed by atoms with van der Waals surface area (Å²) in [4.78, 5) is 37.0. The number of nitro groups is 1. The molecule has 0 aliphatic carbocycles. The van der Waals surface area contributed by atoms with Gasteiger partial charge < -0.3 is 10.6 Å². The first-order valence-corrected chi connectivity index (χ1v) is 6.54. The molecule has 21 heavy (non-hydrogen) atoms. The molecule has 0 aliphatic heterocycles. The lowest BCUT2D eigenvalue weighted by Gasteiger charge is -2.09. The predicted octanol–water partition coefficient (Wildman–Crippen LogP) is 1.15. The number of halogens is 1. The summed E-state index contributed by atoms with van der Waals surface area (Å²) in [6.45, 7) is 4.07. The summed E-state index contributed by atoms with van der Waals surface area (Å²) in [6.07, 6.45) is 1.18. The molecule has 0 spiro atoms. The summed E-state index contributed by atoms with van der Waals surface area (Å²) in [6, 6.07) is 1.17. The molecule has 1 aromatic rings. The molecule has 2 N–H and O–H groups in total. The molecular formula is C12H15ClN4O4. The second-order valence-electron chi connectivity index (χ2n) is 4.64. The van der Waals surface area contributed by atoms with E-state index in [1.54, 1.807) is 0 Å². The van der Waals surface area contributed by atoms with Crippen LogP contribution in [-0.2, 0) is 4.79 Å². The Labute approximate surface area is 126 Å². The standard InChI is InChI=1S/C12H15ClN4O4/c1-7(2)5-15-9(18)6-16-12(19)8-3-4-14-11(13)10(8)17(20)21/h3-4,7H,5-6H2,1-2H3,(H,15,18)(H,16,19). The molecule has 9 heteroatoms. The fourth-order valence-electron chi connectivity index (χ4n) is 1.42. The summed E-state index contributed by atoms with van der Waals surface area (Å²) >= 11 is 5.60. The van der Waals surface area contributed by atoms with Gasteiger partial charge in [0.15, 0.2) is 0 Å². The van der Waals surface area contributed by atoms with Crippen molar-refractivity contribution >= 4 is 29.1 Å². The van der Waals surface area contributed by atoms with Crippen molar-refractivity contribution in [3.05, 3.63) is 33.1 Å². The maximum atomic E-state index is 11.9. The summed E-state index contributed by atoms with van der Waals surface area (Å²) in [7, 11) is 0. The van der Waals surface area contributed by atoms with Crippen molar-refractivity contribution in [3.63, 3.8) is 0 Å². The number of hydrogen-bond donors (Lipinski definition) is 2. The molecular weight excluding hydrogens is 300 g/mol. The zero-order chi connectivity index (χ0) is 16.0. The Morgan fingerprint density at radius 2 is 2.10 bits per heavy atom. The molecule has 0 radical (unpaired) electrons. The Morgan fingerprint density at radius 3 is 2.67 bits per heavy atom. The minimum Gasteiger partial charge on any atom is -0.354 e. The molecule has 0 saturated carbocycles. The van der Waals surface area contributed by atoms with Crippen LogP contribution in [0, 0.1) is 16.0 Å². The van der Waals surface area contributed by atoms with Crippen molar-refractivity contribution in [1.82, 2.24) is 15.6 Å². The molecule has 0 unspecified atom stereocenters. The van der Waals surface area contributed by atoms with Crippen LogP contribution in [-0.4, -0.2) is 34.8 Å². The van der Waals surface area contributed by atoms with Crippen molar-refractivity contribution in [3.8, 4) is 0 Å². The van der Waals surface area contributed by atoms with E-state index in [-0.39, 0.29) is 29.1 Å². The van der Waals surface area contributed by atoms with E-state index in [2.05, 4.69) is 15.6 Å². The molecule has 114 valence electrons. The third kappa shape index (κ3) is 4.99. The van der Waals surface area contributed by atoms with E-state index in [4.69, 9.17) is 11.6 Å². The van der Waals surface area contributed by atoms with E-state index < -0.39 is 16.5 Å². The van der Waals surface area contributed by atoms with Crippen molar-refractivity contribution in [2.24, 2.45) is 5.92 Å². The van der Waals surface area contributed by atoms with E-state index >= 15 is 0 Å². The smallest absolute Gasteiger partial charge is 0.319 e. The fourth-order valence-corrected chi connectivity index (χ4v) is 1.65. The maximum Gasteiger partial charge on any atom is 0.319 e. The molecule has 1 rings (SSSR count). The third-order valence-corrected chi connectivity index (χ3v) is 2.70. The van der Waals surface area contributed by atoms with Gasteiger partial charge in [-0.05, 0) is 12.0 Å². The number of hydrogen-bond acceptors (Lipinski definition) is 5. The number of rotatable bonds is 6. The Morgan fingerprint density at radius 1 is 1.43 bits per heavy atom. The number of amides is 2. The van der Waals surface area contributed by atoms with Gasteiger partial charge in [0.2, 0.25) is 11.1 Å². The Balaban J connectivity index is 2.71. The van der Waals surface area contributed by atoms with Gasteiger partial charge in [-0.2, -0.15) is 0 Å². The van der Waals surface area contributed by atoms with Crippen molar-refractivity contribution in [2.75, 3.05) is 13.1 Å². The average Bonchev–Trinajstić information content (AvgIpc) is 2.41. The van der Waals surface area contributed by atoms with E-state index in [1.165, 1.54) is 12.3 Å². The first-order valence-electron chi connectivity index (χ1n) is 6.16. The second kappa shape index (κ2) is 7.53. The highest BCUT2D eigenvalue weighted by atomic mass is 35.5. The second-order valence-corrected chi connectivity index (χ2v) is 4.99. The normalized spacial score (nSPS) is 10.3. The summed E-state index contributed by atoms with van der Waals surface area (Å²) < 4.78 is 0. The first-order chi connectivity index (χ1) is 9.82. The highest BCUT2D eigenvalue weighted by Gasteiger charge is 2.24. The van der Waals surface area contributed by atoms with Gasteiger partial charge in [0.05, 0.1) is 11.5 Å². The number of nitrogens with zero attached hydrogens (tertiary/aromatic N) is 2. The van der Waals surface area contributed by atoms with E-state index in [0.717, 1.165) is 0 Å². The zero-order valence-electron chi connectivity index (χ0n) is 11.6. The van der Waals surface area contributed by atoms with Gasteiger partial charge in [0, 0.05) is 12.7 Å². The van der Waals surface area contributed by atoms with Crippen molar-refractivity contribution in [2.45, 2.75) is 13.8 Å². The fraction of sp³-hybridized carbons (Fsp3) is 0.417. The molecule has 0 aromatic carbocycles. The van der Waals surface area contributed by atoms with Crippen LogP contribution in [0.25, 0.3) is 0 Å². The number of pyridine rings is 1. The van der Waals surface area contributed by atoms with Crippen LogP contribution < -0.4 is 10.6 Å². The van der Waals surface area contributed by atoms with Gasteiger partial charge in [-0.3, -0.25) is 19.7 Å². The van der Waals surface area contributed by atoms with Gasteiger partial charge >= 0.3 is 5.69 Å². The Bertz CT molecular complexity index is 562. The lowest BCUT2D eigenvalue weighted by Crippen LogP contribution is -2.38. The monoisotopic (exact) mass is 314 g/mol. The van der Waals surface area contributed by atoms with Crippen LogP contribution in [0.15, 0.2) is 12.3 Å². The van der Waals surface area contributed by atoms with Crippen LogP contribution in [0.1, 0.15) is 24.2 Å². The summed E-state index contributed by atoms with van der Waals surface area (Å²) in [5.41, 5.74) is -0.823. The predicted molar refractivity (Wildman–Crippen MR) is 76.1 cm³/mol. The number of carbonyl (C=O) groups is 2. The van der Waals surface area contributed by atoms with Crippen molar-refractivity contribution in [1.29, 1.82) is 0 Å². The van der Waals surface area contributed by atoms with E-state index in [9.17, 15) is 19.7 Å². The number of carbonyl (C=O) groups excluding carboxylic acids is 2. The largest absolute Gasteiger partial charge is 0.354 e. The highest BCUT2D eigenvalue weighted by Crippen LogP contribution is 2.25. The van der Waals surface area contributed by atoms with Gasteiger partial charge in [-0.25, -0.2) is 4.98 Å². The van der Waals surface area contributed by atoms with Crippen LogP contribution >= 0.6 is 11.6 Å². The average molecular weight is 315 g/mol. The van der Waals surface area contributed by atoms with Gasteiger partial charge in [-0.1, -0.05) is 25.4 Å². The van der Waals surface area contributed by atoms with E-state index in [1.807, 2.05) is 13.8 Å². The van der Waals surface area contributed by atoms with Crippen LogP contribution in [0.5, 0.6) is 0 Å². The molecule has 2 amide bonds.